The summed E-state index contributed by atoms with van der Waals surface area (Å²) in [5.74, 6) is -2.25. The number of hydrogen-bond donors (Lipinski definition) is 2. The highest BCUT2D eigenvalue weighted by Crippen LogP contribution is 2.26. The third kappa shape index (κ3) is 3.26. The Hall–Kier alpha value is -1.22. The molecule has 0 aliphatic rings. The van der Waals surface area contributed by atoms with Crippen LogP contribution in [0.4, 0.5) is 20.2 Å². The van der Waals surface area contributed by atoms with Gasteiger partial charge in [-0.25, -0.2) is 8.78 Å². The number of rotatable bonds is 2. The molecule has 0 atom stereocenters. The highest BCUT2D eigenvalue weighted by atomic mass is 127. The number of nitrogens with one attached hydrogen (secondary N) is 1. The van der Waals surface area contributed by atoms with Crippen molar-refractivity contribution in [1.29, 1.82) is 0 Å². The Morgan fingerprint density at radius 2 is 1.95 bits per heavy atom. The molecule has 20 heavy (non-hydrogen) atoms. The van der Waals surface area contributed by atoms with E-state index >= 15 is 0 Å². The molecular weight excluding hydrogens is 445 g/mol. The third-order valence-corrected chi connectivity index (χ3v) is 3.86. The van der Waals surface area contributed by atoms with E-state index in [2.05, 4.69) is 43.8 Å². The van der Waals surface area contributed by atoms with E-state index in [4.69, 9.17) is 5.73 Å². The van der Waals surface area contributed by atoms with Crippen LogP contribution in [0.1, 0.15) is 10.4 Å². The molecule has 2 aromatic carbocycles. The zero-order valence-corrected chi connectivity index (χ0v) is 13.6. The van der Waals surface area contributed by atoms with Gasteiger partial charge in [0, 0.05) is 14.1 Å². The number of nitrogen functional groups attached to an aromatic ring is 1. The van der Waals surface area contributed by atoms with Crippen molar-refractivity contribution in [2.24, 2.45) is 0 Å². The van der Waals surface area contributed by atoms with Crippen LogP contribution in [-0.4, -0.2) is 5.91 Å². The molecule has 0 radical (unpaired) electrons. The summed E-state index contributed by atoms with van der Waals surface area (Å²) in [6.07, 6.45) is 0. The largest absolute Gasteiger partial charge is 0.397 e. The highest BCUT2D eigenvalue weighted by molar-refractivity contribution is 14.1. The maximum atomic E-state index is 13.6. The molecule has 3 nitrogen and oxygen atoms in total. The summed E-state index contributed by atoms with van der Waals surface area (Å²) in [5, 5.41) is 2.35. The Kier molecular flexibility index (Phi) is 4.59. The van der Waals surface area contributed by atoms with Gasteiger partial charge in [-0.2, -0.15) is 0 Å². The molecule has 0 aliphatic heterocycles. The van der Waals surface area contributed by atoms with Gasteiger partial charge in [-0.15, -0.1) is 0 Å². The van der Waals surface area contributed by atoms with Gasteiger partial charge >= 0.3 is 0 Å². The molecule has 0 aliphatic carbocycles. The number of halogens is 4. The average Bonchev–Trinajstić information content (AvgIpc) is 2.36. The van der Waals surface area contributed by atoms with E-state index in [9.17, 15) is 13.6 Å². The summed E-state index contributed by atoms with van der Waals surface area (Å²) in [5.41, 5.74) is 5.44. The van der Waals surface area contributed by atoms with Crippen molar-refractivity contribution in [3.63, 3.8) is 0 Å². The predicted octanol–water partition coefficient (Wildman–Crippen LogP) is 4.17. The number of benzene rings is 2. The number of carbonyl (C=O) groups excluding carboxylic acids is 1. The minimum atomic E-state index is -0.919. The minimum absolute atomic E-state index is 0.169. The molecule has 0 fully saturated rings. The lowest BCUT2D eigenvalue weighted by atomic mass is 10.2. The first-order valence-electron chi connectivity index (χ1n) is 5.39. The summed E-state index contributed by atoms with van der Waals surface area (Å²) in [6.45, 7) is 0. The Balaban J connectivity index is 2.35. The van der Waals surface area contributed by atoms with Crippen molar-refractivity contribution in [3.8, 4) is 0 Å². The first kappa shape index (κ1) is 15.2. The molecular formula is C13H8BrF2IN2O. The highest BCUT2D eigenvalue weighted by Gasteiger charge is 2.16. The molecule has 0 unspecified atom stereocenters. The molecule has 0 aromatic heterocycles. The molecule has 0 bridgehead atoms. The van der Waals surface area contributed by atoms with Gasteiger partial charge < -0.3 is 11.1 Å². The van der Waals surface area contributed by atoms with Crippen molar-refractivity contribution >= 4 is 55.8 Å². The molecule has 104 valence electrons. The lowest BCUT2D eigenvalue weighted by Crippen LogP contribution is -2.15. The first-order valence-corrected chi connectivity index (χ1v) is 7.26. The fourth-order valence-electron chi connectivity index (χ4n) is 1.58. The second-order valence-corrected chi connectivity index (χ2v) is 6.03. The summed E-state index contributed by atoms with van der Waals surface area (Å²) >= 11 is 5.30. The lowest BCUT2D eigenvalue weighted by molar-refractivity contribution is 0.102. The quantitative estimate of drug-likeness (QED) is 0.530. The Bertz CT molecular complexity index is 671. The second kappa shape index (κ2) is 6.04. The van der Waals surface area contributed by atoms with Gasteiger partial charge in [0.15, 0.2) is 5.82 Å². The number of nitrogens with two attached hydrogens (primary N) is 1. The monoisotopic (exact) mass is 452 g/mol. The fourth-order valence-corrected chi connectivity index (χ4v) is 2.50. The zero-order chi connectivity index (χ0) is 14.9. The van der Waals surface area contributed by atoms with Crippen LogP contribution in [0.25, 0.3) is 0 Å². The van der Waals surface area contributed by atoms with Gasteiger partial charge in [-0.05, 0) is 62.8 Å². The van der Waals surface area contributed by atoms with Crippen molar-refractivity contribution in [2.75, 3.05) is 11.1 Å². The third-order valence-electron chi connectivity index (χ3n) is 2.50. The number of amides is 1. The van der Waals surface area contributed by atoms with Gasteiger partial charge in [0.25, 0.3) is 5.91 Å². The Labute approximate surface area is 135 Å². The molecule has 7 heteroatoms. The van der Waals surface area contributed by atoms with Crippen molar-refractivity contribution < 1.29 is 13.6 Å². The molecule has 0 heterocycles. The van der Waals surface area contributed by atoms with E-state index in [0.29, 0.717) is 16.1 Å². The van der Waals surface area contributed by atoms with E-state index in [1.165, 1.54) is 0 Å². The van der Waals surface area contributed by atoms with E-state index in [1.54, 1.807) is 12.1 Å². The molecule has 2 rings (SSSR count). The van der Waals surface area contributed by atoms with Crippen LogP contribution in [0.15, 0.2) is 34.8 Å². The molecule has 0 saturated heterocycles. The molecule has 2 aromatic rings. The van der Waals surface area contributed by atoms with Crippen LogP contribution in [0.5, 0.6) is 0 Å². The maximum Gasteiger partial charge on any atom is 0.256 e. The van der Waals surface area contributed by atoms with Gasteiger partial charge in [0.05, 0.1) is 11.3 Å². The second-order valence-electron chi connectivity index (χ2n) is 3.93. The topological polar surface area (TPSA) is 55.1 Å². The Morgan fingerprint density at radius 1 is 1.25 bits per heavy atom. The summed E-state index contributed by atoms with van der Waals surface area (Å²) in [4.78, 5) is 12.1. The summed E-state index contributed by atoms with van der Waals surface area (Å²) in [7, 11) is 0. The van der Waals surface area contributed by atoms with E-state index < -0.39 is 17.5 Å². The van der Waals surface area contributed by atoms with Crippen molar-refractivity contribution in [3.05, 3.63) is 55.6 Å². The minimum Gasteiger partial charge on any atom is -0.397 e. The summed E-state index contributed by atoms with van der Waals surface area (Å²) in [6, 6.07) is 6.77. The lowest BCUT2D eigenvalue weighted by Gasteiger charge is -2.10. The molecule has 1 amide bonds. The van der Waals surface area contributed by atoms with Crippen LogP contribution in [-0.2, 0) is 0 Å². The standard InChI is InChI=1S/C13H8BrF2IN2O/c14-9-2-1-7(17)5-8(9)13(20)19-12-10(16)3-6(15)4-11(12)18/h1-5H,18H2,(H,19,20). The maximum absolute atomic E-state index is 13.6. The van der Waals surface area contributed by atoms with Gasteiger partial charge in [0.1, 0.15) is 11.5 Å². The van der Waals surface area contributed by atoms with Crippen LogP contribution in [0, 0.1) is 15.2 Å². The molecule has 0 saturated carbocycles. The normalized spacial score (nSPS) is 10.4. The van der Waals surface area contributed by atoms with E-state index in [-0.39, 0.29) is 11.4 Å². The number of hydrogen-bond acceptors (Lipinski definition) is 2. The van der Waals surface area contributed by atoms with Crippen molar-refractivity contribution in [1.82, 2.24) is 0 Å². The van der Waals surface area contributed by atoms with E-state index in [1.807, 2.05) is 6.07 Å². The van der Waals surface area contributed by atoms with Crippen molar-refractivity contribution in [2.45, 2.75) is 0 Å². The van der Waals surface area contributed by atoms with Gasteiger partial charge in [-0.3, -0.25) is 4.79 Å². The molecule has 3 N–H and O–H groups in total. The first-order chi connectivity index (χ1) is 9.38. The smallest absolute Gasteiger partial charge is 0.256 e. The van der Waals surface area contributed by atoms with Crippen LogP contribution < -0.4 is 11.1 Å². The van der Waals surface area contributed by atoms with Gasteiger partial charge in [-0.1, -0.05) is 0 Å². The molecule has 0 spiro atoms. The zero-order valence-electron chi connectivity index (χ0n) is 9.88. The fraction of sp³-hybridized carbons (Fsp3) is 0. The summed E-state index contributed by atoms with van der Waals surface area (Å²) < 4.78 is 28.0. The van der Waals surface area contributed by atoms with Crippen LogP contribution in [0.3, 0.4) is 0 Å². The SMILES string of the molecule is Nc1cc(F)cc(F)c1NC(=O)c1cc(I)ccc1Br. The number of carbonyl (C=O) groups is 1. The van der Waals surface area contributed by atoms with Crippen LogP contribution >= 0.6 is 38.5 Å². The average molecular weight is 453 g/mol. The Morgan fingerprint density at radius 3 is 2.60 bits per heavy atom. The van der Waals surface area contributed by atoms with Crippen LogP contribution in [0.2, 0.25) is 0 Å². The predicted molar refractivity (Wildman–Crippen MR) is 85.6 cm³/mol. The van der Waals surface area contributed by atoms with E-state index in [0.717, 1.165) is 9.64 Å². The number of anilines is 2. The van der Waals surface area contributed by atoms with Gasteiger partial charge in [0.2, 0.25) is 0 Å².